The zero-order chi connectivity index (χ0) is 14.1. The molecule has 1 aromatic carbocycles. The summed E-state index contributed by atoms with van der Waals surface area (Å²) in [6.45, 7) is 2.74. The highest BCUT2D eigenvalue weighted by atomic mass is 35.5. The van der Waals surface area contributed by atoms with Gasteiger partial charge < -0.3 is 9.84 Å². The third-order valence-corrected chi connectivity index (χ3v) is 3.16. The summed E-state index contributed by atoms with van der Waals surface area (Å²) in [6.07, 6.45) is 7.06. The summed E-state index contributed by atoms with van der Waals surface area (Å²) in [4.78, 5) is 11.0. The SMILES string of the molecule is CCCCCCCCOc1ccc(Cl)cc1C(=O)O. The molecule has 0 bridgehead atoms. The largest absolute Gasteiger partial charge is 0.493 e. The zero-order valence-electron chi connectivity index (χ0n) is 11.3. The highest BCUT2D eigenvalue weighted by molar-refractivity contribution is 6.31. The number of benzene rings is 1. The van der Waals surface area contributed by atoms with Gasteiger partial charge in [0, 0.05) is 5.02 Å². The Balaban J connectivity index is 2.35. The lowest BCUT2D eigenvalue weighted by Gasteiger charge is -2.09. The van der Waals surface area contributed by atoms with E-state index in [4.69, 9.17) is 21.4 Å². The Morgan fingerprint density at radius 2 is 1.89 bits per heavy atom. The number of carbonyl (C=O) groups is 1. The quantitative estimate of drug-likeness (QED) is 0.664. The second-order valence-electron chi connectivity index (χ2n) is 4.56. The van der Waals surface area contributed by atoms with Gasteiger partial charge in [-0.1, -0.05) is 50.6 Å². The lowest BCUT2D eigenvalue weighted by atomic mass is 10.1. The van der Waals surface area contributed by atoms with E-state index in [2.05, 4.69) is 6.92 Å². The summed E-state index contributed by atoms with van der Waals surface area (Å²) in [5, 5.41) is 9.46. The van der Waals surface area contributed by atoms with E-state index in [1.54, 1.807) is 12.1 Å². The van der Waals surface area contributed by atoms with E-state index in [1.807, 2.05) is 0 Å². The van der Waals surface area contributed by atoms with Crippen LogP contribution in [-0.2, 0) is 0 Å². The minimum Gasteiger partial charge on any atom is -0.493 e. The molecule has 1 N–H and O–H groups in total. The standard InChI is InChI=1S/C15H21ClO3/c1-2-3-4-5-6-7-10-19-14-9-8-12(16)11-13(14)15(17)18/h8-9,11H,2-7,10H2,1H3,(H,17,18). The molecule has 3 nitrogen and oxygen atoms in total. The van der Waals surface area contributed by atoms with E-state index >= 15 is 0 Å². The number of hydrogen-bond donors (Lipinski definition) is 1. The van der Waals surface area contributed by atoms with Crippen LogP contribution in [0.5, 0.6) is 5.75 Å². The molecule has 0 unspecified atom stereocenters. The number of halogens is 1. The number of rotatable bonds is 9. The van der Waals surface area contributed by atoms with Crippen LogP contribution in [0.3, 0.4) is 0 Å². The number of carboxylic acid groups (broad SMARTS) is 1. The highest BCUT2D eigenvalue weighted by Gasteiger charge is 2.11. The first-order valence-corrected chi connectivity index (χ1v) is 7.18. The first-order valence-electron chi connectivity index (χ1n) is 6.80. The first-order chi connectivity index (χ1) is 9.15. The van der Waals surface area contributed by atoms with Gasteiger partial charge in [0.2, 0.25) is 0 Å². The van der Waals surface area contributed by atoms with Gasteiger partial charge in [-0.2, -0.15) is 0 Å². The van der Waals surface area contributed by atoms with E-state index in [9.17, 15) is 4.79 Å². The van der Waals surface area contributed by atoms with Gasteiger partial charge in [-0.05, 0) is 24.6 Å². The van der Waals surface area contributed by atoms with Crippen molar-refractivity contribution in [1.82, 2.24) is 0 Å². The minimum absolute atomic E-state index is 0.124. The average Bonchev–Trinajstić information content (AvgIpc) is 2.39. The number of unbranched alkanes of at least 4 members (excludes halogenated alkanes) is 5. The molecule has 0 aliphatic carbocycles. The van der Waals surface area contributed by atoms with Crippen molar-refractivity contribution in [3.63, 3.8) is 0 Å². The number of ether oxygens (including phenoxy) is 1. The Morgan fingerprint density at radius 3 is 2.58 bits per heavy atom. The van der Waals surface area contributed by atoms with Gasteiger partial charge in [0.15, 0.2) is 0 Å². The molecule has 0 aliphatic rings. The Bertz CT molecular complexity index is 404. The fraction of sp³-hybridized carbons (Fsp3) is 0.533. The topological polar surface area (TPSA) is 46.5 Å². The van der Waals surface area contributed by atoms with Crippen LogP contribution in [0.1, 0.15) is 55.8 Å². The van der Waals surface area contributed by atoms with Gasteiger partial charge in [-0.15, -0.1) is 0 Å². The predicted octanol–water partition coefficient (Wildman–Crippen LogP) is 4.78. The van der Waals surface area contributed by atoms with Crippen LogP contribution in [-0.4, -0.2) is 17.7 Å². The summed E-state index contributed by atoms with van der Waals surface area (Å²) < 4.78 is 5.52. The van der Waals surface area contributed by atoms with E-state index in [1.165, 1.54) is 31.7 Å². The van der Waals surface area contributed by atoms with Crippen molar-refractivity contribution >= 4 is 17.6 Å². The van der Waals surface area contributed by atoms with Crippen molar-refractivity contribution in [1.29, 1.82) is 0 Å². The van der Waals surface area contributed by atoms with Crippen molar-refractivity contribution in [3.05, 3.63) is 28.8 Å². The Morgan fingerprint density at radius 1 is 1.21 bits per heavy atom. The van der Waals surface area contributed by atoms with Gasteiger partial charge in [0.05, 0.1) is 6.61 Å². The van der Waals surface area contributed by atoms with E-state index in [0.29, 0.717) is 17.4 Å². The van der Waals surface area contributed by atoms with Crippen molar-refractivity contribution in [2.45, 2.75) is 45.4 Å². The number of carboxylic acids is 1. The molecular weight excluding hydrogens is 264 g/mol. The van der Waals surface area contributed by atoms with Crippen molar-refractivity contribution < 1.29 is 14.6 Å². The van der Waals surface area contributed by atoms with Crippen LogP contribution in [0.15, 0.2) is 18.2 Å². The van der Waals surface area contributed by atoms with Gasteiger partial charge in [0.25, 0.3) is 0 Å². The summed E-state index contributed by atoms with van der Waals surface area (Å²) >= 11 is 5.77. The lowest BCUT2D eigenvalue weighted by Crippen LogP contribution is -2.04. The summed E-state index contributed by atoms with van der Waals surface area (Å²) in [5.74, 6) is -0.620. The van der Waals surface area contributed by atoms with Gasteiger partial charge in [0.1, 0.15) is 11.3 Å². The van der Waals surface area contributed by atoms with E-state index in [0.717, 1.165) is 12.8 Å². The molecule has 1 rings (SSSR count). The Hall–Kier alpha value is -1.22. The minimum atomic E-state index is -1.01. The maximum Gasteiger partial charge on any atom is 0.339 e. The molecule has 0 aliphatic heterocycles. The first kappa shape index (κ1) is 15.8. The molecule has 106 valence electrons. The molecule has 0 radical (unpaired) electrons. The fourth-order valence-electron chi connectivity index (χ4n) is 1.86. The molecule has 4 heteroatoms. The Labute approximate surface area is 119 Å². The van der Waals surface area contributed by atoms with Crippen LogP contribution in [0.25, 0.3) is 0 Å². The number of aromatic carboxylic acids is 1. The maximum absolute atomic E-state index is 11.0. The molecule has 1 aromatic rings. The van der Waals surface area contributed by atoms with E-state index in [-0.39, 0.29) is 5.56 Å². The summed E-state index contributed by atoms with van der Waals surface area (Å²) in [7, 11) is 0. The molecule has 0 aromatic heterocycles. The van der Waals surface area contributed by atoms with Crippen LogP contribution in [0.2, 0.25) is 5.02 Å². The van der Waals surface area contributed by atoms with E-state index < -0.39 is 5.97 Å². The monoisotopic (exact) mass is 284 g/mol. The maximum atomic E-state index is 11.0. The molecule has 0 fully saturated rings. The van der Waals surface area contributed by atoms with Gasteiger partial charge in [-0.3, -0.25) is 0 Å². The summed E-state index contributed by atoms with van der Waals surface area (Å²) in [6, 6.07) is 4.67. The second-order valence-corrected chi connectivity index (χ2v) is 5.00. The molecular formula is C15H21ClO3. The van der Waals surface area contributed by atoms with Crippen molar-refractivity contribution in [3.8, 4) is 5.75 Å². The third kappa shape index (κ3) is 5.97. The smallest absolute Gasteiger partial charge is 0.339 e. The van der Waals surface area contributed by atoms with Crippen LogP contribution >= 0.6 is 11.6 Å². The highest BCUT2D eigenvalue weighted by Crippen LogP contribution is 2.23. The van der Waals surface area contributed by atoms with Crippen LogP contribution in [0, 0.1) is 0 Å². The lowest BCUT2D eigenvalue weighted by molar-refractivity contribution is 0.0692. The van der Waals surface area contributed by atoms with Crippen LogP contribution in [0.4, 0.5) is 0 Å². The second kappa shape index (κ2) is 8.81. The number of hydrogen-bond acceptors (Lipinski definition) is 2. The average molecular weight is 285 g/mol. The fourth-order valence-corrected chi connectivity index (χ4v) is 2.03. The zero-order valence-corrected chi connectivity index (χ0v) is 12.1. The Kier molecular flexibility index (Phi) is 7.34. The summed E-state index contributed by atoms with van der Waals surface area (Å²) in [5.41, 5.74) is 0.124. The van der Waals surface area contributed by atoms with Crippen molar-refractivity contribution in [2.75, 3.05) is 6.61 Å². The van der Waals surface area contributed by atoms with Crippen molar-refractivity contribution in [2.24, 2.45) is 0 Å². The molecule has 0 saturated heterocycles. The normalized spacial score (nSPS) is 10.4. The molecule has 0 amide bonds. The molecule has 0 atom stereocenters. The van der Waals surface area contributed by atoms with Gasteiger partial charge >= 0.3 is 5.97 Å². The third-order valence-electron chi connectivity index (χ3n) is 2.93. The predicted molar refractivity (Wildman–Crippen MR) is 77.3 cm³/mol. The molecule has 19 heavy (non-hydrogen) atoms. The van der Waals surface area contributed by atoms with Gasteiger partial charge in [-0.25, -0.2) is 4.79 Å². The van der Waals surface area contributed by atoms with Crippen LogP contribution < -0.4 is 4.74 Å². The molecule has 0 spiro atoms. The molecule has 0 heterocycles. The molecule has 0 saturated carbocycles.